The molecule has 0 saturated carbocycles. The summed E-state index contributed by atoms with van der Waals surface area (Å²) in [5.74, 6) is -1.07. The average molecular weight is 362 g/mol. The predicted molar refractivity (Wildman–Crippen MR) is 86.4 cm³/mol. The monoisotopic (exact) mass is 362 g/mol. The molecule has 1 rings (SSSR count). The minimum absolute atomic E-state index is 0.0106. The zero-order chi connectivity index (χ0) is 17.5. The smallest absolute Gasteiger partial charge is 0.336 e. The fraction of sp³-hybridized carbons (Fsp3) is 0.500. The second-order valence-corrected chi connectivity index (χ2v) is 7.07. The highest BCUT2D eigenvalue weighted by Crippen LogP contribution is 2.52. The molecule has 0 aliphatic carbocycles. The molecule has 0 unspecified atom stereocenters. The number of ether oxygens (including phenoxy) is 1. The number of hydrogen-bond donors (Lipinski definition) is 1. The van der Waals surface area contributed by atoms with Crippen LogP contribution in [-0.2, 0) is 24.3 Å². The Labute approximate surface area is 136 Å². The Kier molecular flexibility index (Phi) is 7.86. The Bertz CT molecular complexity index is 605. The van der Waals surface area contributed by atoms with Crippen molar-refractivity contribution in [2.45, 2.75) is 26.9 Å². The van der Waals surface area contributed by atoms with Crippen molar-refractivity contribution in [3.8, 4) is 5.75 Å². The molecule has 1 aromatic carbocycles. The van der Waals surface area contributed by atoms with Crippen LogP contribution in [0.1, 0.15) is 36.7 Å². The van der Waals surface area contributed by atoms with Gasteiger partial charge >= 0.3 is 13.6 Å². The minimum atomic E-state index is -3.39. The summed E-state index contributed by atoms with van der Waals surface area (Å²) < 4.78 is 40.0. The molecular formula is C14H20O7P2. The molecule has 23 heavy (non-hydrogen) atoms. The molecule has 7 nitrogen and oxygen atoms in total. The van der Waals surface area contributed by atoms with E-state index < -0.39 is 22.0 Å². The third-order valence-corrected chi connectivity index (χ3v) is 5.50. The lowest BCUT2D eigenvalue weighted by Crippen LogP contribution is -2.16. The van der Waals surface area contributed by atoms with E-state index in [4.69, 9.17) is 13.8 Å². The van der Waals surface area contributed by atoms with Gasteiger partial charge in [-0.2, -0.15) is 0 Å². The summed E-state index contributed by atoms with van der Waals surface area (Å²) >= 11 is 0. The Morgan fingerprint density at radius 3 is 2.22 bits per heavy atom. The first kappa shape index (κ1) is 19.8. The number of aromatic carboxylic acids is 1. The summed E-state index contributed by atoms with van der Waals surface area (Å²) in [6.07, 6.45) is -0.0908. The van der Waals surface area contributed by atoms with Gasteiger partial charge in [0.25, 0.3) is 0 Å². The van der Waals surface area contributed by atoms with Crippen LogP contribution in [0.3, 0.4) is 0 Å². The maximum absolute atomic E-state index is 12.7. The zero-order valence-corrected chi connectivity index (χ0v) is 15.1. The summed E-state index contributed by atoms with van der Waals surface area (Å²) in [6, 6.07) is 2.79. The first-order valence-electron chi connectivity index (χ1n) is 7.15. The third kappa shape index (κ3) is 5.11. The molecule has 0 aliphatic rings. The number of hydrogen-bond acceptors (Lipinski definition) is 6. The first-order chi connectivity index (χ1) is 10.9. The van der Waals surface area contributed by atoms with Crippen LogP contribution in [0.25, 0.3) is 0 Å². The number of carboxylic acid groups (broad SMARTS) is 1. The van der Waals surface area contributed by atoms with Crippen molar-refractivity contribution in [2.24, 2.45) is 0 Å². The Balaban J connectivity index is 3.37. The van der Waals surface area contributed by atoms with Gasteiger partial charge in [-0.15, -0.1) is 0 Å². The van der Waals surface area contributed by atoms with Crippen molar-refractivity contribution in [3.05, 3.63) is 23.3 Å². The van der Waals surface area contributed by atoms with Crippen molar-refractivity contribution >= 4 is 27.3 Å². The summed E-state index contributed by atoms with van der Waals surface area (Å²) in [6.45, 7) is 5.77. The number of benzene rings is 1. The van der Waals surface area contributed by atoms with Crippen molar-refractivity contribution < 1.29 is 32.8 Å². The van der Waals surface area contributed by atoms with E-state index in [1.165, 1.54) is 12.1 Å². The van der Waals surface area contributed by atoms with E-state index in [0.717, 1.165) is 0 Å². The second-order valence-electron chi connectivity index (χ2n) is 4.38. The largest absolute Gasteiger partial charge is 0.492 e. The number of rotatable bonds is 10. The normalized spacial score (nSPS) is 11.6. The molecule has 0 atom stereocenters. The minimum Gasteiger partial charge on any atom is -0.492 e. The summed E-state index contributed by atoms with van der Waals surface area (Å²) in [7, 11) is -3.88. The van der Waals surface area contributed by atoms with Crippen LogP contribution >= 0.6 is 16.1 Å². The summed E-state index contributed by atoms with van der Waals surface area (Å²) in [4.78, 5) is 11.2. The highest BCUT2D eigenvalue weighted by molar-refractivity contribution is 7.53. The topological polar surface area (TPSA) is 99.1 Å². The van der Waals surface area contributed by atoms with Crippen molar-refractivity contribution in [1.82, 2.24) is 0 Å². The third-order valence-electron chi connectivity index (χ3n) is 2.84. The van der Waals surface area contributed by atoms with Gasteiger partial charge in [0.1, 0.15) is 5.75 Å². The molecule has 0 bridgehead atoms. The van der Waals surface area contributed by atoms with Crippen LogP contribution in [0.2, 0.25) is 0 Å². The summed E-state index contributed by atoms with van der Waals surface area (Å²) in [5, 5.41) is 9.19. The SMILES string of the molecule is CCOc1c(CP(=O)(OCC)OCC)ccc(C(=O)O)c1P=O. The van der Waals surface area contributed by atoms with Crippen molar-refractivity contribution in [1.29, 1.82) is 0 Å². The van der Waals surface area contributed by atoms with E-state index in [-0.39, 0.29) is 42.6 Å². The molecule has 0 radical (unpaired) electrons. The molecular weight excluding hydrogens is 342 g/mol. The lowest BCUT2D eigenvalue weighted by atomic mass is 10.1. The molecule has 0 aliphatic heterocycles. The van der Waals surface area contributed by atoms with Crippen LogP contribution < -0.4 is 10.0 Å². The molecule has 0 heterocycles. The van der Waals surface area contributed by atoms with Crippen LogP contribution in [0.4, 0.5) is 0 Å². The van der Waals surface area contributed by atoms with Gasteiger partial charge < -0.3 is 18.9 Å². The molecule has 128 valence electrons. The van der Waals surface area contributed by atoms with Crippen LogP contribution in [-0.4, -0.2) is 30.9 Å². The van der Waals surface area contributed by atoms with Crippen molar-refractivity contribution in [3.63, 3.8) is 0 Å². The molecule has 9 heteroatoms. The molecule has 0 aromatic heterocycles. The lowest BCUT2D eigenvalue weighted by molar-refractivity contribution is 0.0698. The van der Waals surface area contributed by atoms with Gasteiger partial charge in [0.05, 0.1) is 36.9 Å². The number of carboxylic acids is 1. The van der Waals surface area contributed by atoms with Crippen molar-refractivity contribution in [2.75, 3.05) is 19.8 Å². The van der Waals surface area contributed by atoms with Gasteiger partial charge in [0.2, 0.25) is 0 Å². The van der Waals surface area contributed by atoms with Gasteiger partial charge in [-0.3, -0.25) is 9.13 Å². The number of carbonyl (C=O) groups is 1. The van der Waals surface area contributed by atoms with Gasteiger partial charge in [0.15, 0.2) is 8.46 Å². The van der Waals surface area contributed by atoms with Gasteiger partial charge in [-0.25, -0.2) is 4.79 Å². The van der Waals surface area contributed by atoms with Gasteiger partial charge in [-0.05, 0) is 26.8 Å². The van der Waals surface area contributed by atoms with Crippen LogP contribution in [0.15, 0.2) is 12.1 Å². The van der Waals surface area contributed by atoms with E-state index in [2.05, 4.69) is 0 Å². The van der Waals surface area contributed by atoms with E-state index >= 15 is 0 Å². The fourth-order valence-corrected chi connectivity index (χ4v) is 4.31. The van der Waals surface area contributed by atoms with Gasteiger partial charge in [-0.1, -0.05) is 6.07 Å². The second kappa shape index (κ2) is 9.14. The maximum Gasteiger partial charge on any atom is 0.336 e. The lowest BCUT2D eigenvalue weighted by Gasteiger charge is -2.19. The molecule has 0 spiro atoms. The van der Waals surface area contributed by atoms with E-state index in [1.807, 2.05) is 0 Å². The van der Waals surface area contributed by atoms with Crippen LogP contribution in [0, 0.1) is 0 Å². The molecule has 1 N–H and O–H groups in total. The standard InChI is InChI=1S/C14H20O7P2/c1-4-19-12-10(9-23(18,20-5-2)21-6-3)7-8-11(14(15)16)13(12)22-17/h7-8H,4-6,9H2,1-3H3,(H,15,16). The predicted octanol–water partition coefficient (Wildman–Crippen LogP) is 3.47. The molecule has 0 fully saturated rings. The van der Waals surface area contributed by atoms with E-state index in [9.17, 15) is 19.0 Å². The van der Waals surface area contributed by atoms with E-state index in [0.29, 0.717) is 5.56 Å². The zero-order valence-electron chi connectivity index (χ0n) is 13.3. The molecule has 0 saturated heterocycles. The maximum atomic E-state index is 12.7. The highest BCUT2D eigenvalue weighted by atomic mass is 31.2. The fourth-order valence-electron chi connectivity index (χ4n) is 2.04. The average Bonchev–Trinajstić information content (AvgIpc) is 2.48. The highest BCUT2D eigenvalue weighted by Gasteiger charge is 2.28. The molecule has 1 aromatic rings. The Morgan fingerprint density at radius 1 is 1.17 bits per heavy atom. The Hall–Kier alpha value is -1.26. The quantitative estimate of drug-likeness (QED) is 0.636. The first-order valence-corrected chi connectivity index (χ1v) is 9.69. The van der Waals surface area contributed by atoms with Crippen LogP contribution in [0.5, 0.6) is 5.75 Å². The summed E-state index contributed by atoms with van der Waals surface area (Å²) in [5.41, 5.74) is 0.303. The molecule has 0 amide bonds. The Morgan fingerprint density at radius 2 is 1.78 bits per heavy atom. The van der Waals surface area contributed by atoms with Gasteiger partial charge in [0, 0.05) is 5.56 Å². The van der Waals surface area contributed by atoms with E-state index in [1.54, 1.807) is 20.8 Å².